The van der Waals surface area contributed by atoms with E-state index in [0.717, 1.165) is 21.5 Å². The third-order valence-corrected chi connectivity index (χ3v) is 7.48. The van der Waals surface area contributed by atoms with Crippen molar-refractivity contribution in [3.8, 4) is 11.1 Å². The van der Waals surface area contributed by atoms with Gasteiger partial charge in [0.2, 0.25) is 11.6 Å². The van der Waals surface area contributed by atoms with E-state index in [9.17, 15) is 19.0 Å². The third-order valence-electron chi connectivity index (χ3n) is 6.14. The highest BCUT2D eigenvalue weighted by molar-refractivity contribution is 7.42. The molecule has 0 aromatic heterocycles. The number of hydrogen-bond acceptors (Lipinski definition) is 5. The van der Waals surface area contributed by atoms with Crippen LogP contribution < -0.4 is 4.89 Å². The third kappa shape index (κ3) is 2.52. The van der Waals surface area contributed by atoms with Crippen LogP contribution in [0.15, 0.2) is 72.8 Å². The fourth-order valence-corrected chi connectivity index (χ4v) is 5.57. The SMILES string of the molecule is CN(C)C1([P+](=O)[O-])C(=O)c2ccc3ccccc3c2-c2c(ccc3ccccc23)C1=O. The maximum atomic E-state index is 13.9. The molecule has 6 heteroatoms. The second kappa shape index (κ2) is 6.89. The van der Waals surface area contributed by atoms with Crippen molar-refractivity contribution in [3.63, 3.8) is 0 Å². The van der Waals surface area contributed by atoms with Crippen molar-refractivity contribution in [2.45, 2.75) is 5.28 Å². The molecule has 1 aliphatic carbocycles. The van der Waals surface area contributed by atoms with Crippen LogP contribution in [0.5, 0.6) is 0 Å². The summed E-state index contributed by atoms with van der Waals surface area (Å²) in [6.07, 6.45) is 0. The highest BCUT2D eigenvalue weighted by atomic mass is 31.1. The van der Waals surface area contributed by atoms with Crippen molar-refractivity contribution in [1.82, 2.24) is 4.90 Å². The van der Waals surface area contributed by atoms with Gasteiger partial charge in [-0.25, -0.2) is 4.90 Å². The maximum Gasteiger partial charge on any atom is 0.349 e. The van der Waals surface area contributed by atoms with Gasteiger partial charge < -0.3 is 4.89 Å². The Kier molecular flexibility index (Phi) is 4.38. The predicted octanol–water partition coefficient (Wildman–Crippen LogP) is 4.40. The lowest BCUT2D eigenvalue weighted by Crippen LogP contribution is -2.55. The van der Waals surface area contributed by atoms with Crippen LogP contribution in [0, 0.1) is 0 Å². The standard InChI is InChI=1S/C25H18NO4P/c1-26(2)25(31(29)30)23(27)19-13-11-15-7-3-5-9-17(15)21(19)22-18-10-6-4-8-16(18)12-14-20(22)24(25)28/h3-14H,1-2H3. The predicted molar refractivity (Wildman–Crippen MR) is 120 cm³/mol. The van der Waals surface area contributed by atoms with Gasteiger partial charge in [0, 0.05) is 22.3 Å². The van der Waals surface area contributed by atoms with Gasteiger partial charge in [0.15, 0.2) is 0 Å². The Balaban J connectivity index is 2.08. The first-order valence-electron chi connectivity index (χ1n) is 9.84. The first-order chi connectivity index (χ1) is 14.9. The molecule has 1 unspecified atom stereocenters. The lowest BCUT2D eigenvalue weighted by molar-refractivity contribution is -0.170. The van der Waals surface area contributed by atoms with E-state index in [0.29, 0.717) is 11.1 Å². The number of likely N-dealkylation sites (N-methyl/N-ethyl adjacent to an activating group) is 1. The second-order valence-electron chi connectivity index (χ2n) is 7.90. The van der Waals surface area contributed by atoms with Crippen LogP contribution in [0.25, 0.3) is 32.7 Å². The number of fused-ring (bicyclic) bond motifs is 7. The van der Waals surface area contributed by atoms with Crippen LogP contribution >= 0.6 is 8.03 Å². The molecule has 0 saturated carbocycles. The van der Waals surface area contributed by atoms with Gasteiger partial charge in [0.1, 0.15) is 0 Å². The minimum Gasteiger partial charge on any atom is -0.593 e. The molecule has 1 atom stereocenters. The molecule has 0 bridgehead atoms. The van der Waals surface area contributed by atoms with E-state index in [1.165, 1.54) is 19.0 Å². The monoisotopic (exact) mass is 427 g/mol. The molecule has 4 aromatic rings. The largest absolute Gasteiger partial charge is 0.593 e. The molecule has 0 radical (unpaired) electrons. The minimum atomic E-state index is -3.45. The number of ketones is 2. The van der Waals surface area contributed by atoms with Gasteiger partial charge in [-0.2, -0.15) is 0 Å². The van der Waals surface area contributed by atoms with Gasteiger partial charge in [-0.05, 0) is 47.8 Å². The molecule has 4 aromatic carbocycles. The van der Waals surface area contributed by atoms with Gasteiger partial charge in [-0.15, -0.1) is 0 Å². The number of hydrogen-bond donors (Lipinski definition) is 0. The molecule has 0 aliphatic heterocycles. The summed E-state index contributed by atoms with van der Waals surface area (Å²) >= 11 is 0. The van der Waals surface area contributed by atoms with Crippen LogP contribution in [0.2, 0.25) is 0 Å². The fourth-order valence-electron chi connectivity index (χ4n) is 4.67. The molecular weight excluding hydrogens is 409 g/mol. The van der Waals surface area contributed by atoms with E-state index in [1.54, 1.807) is 24.3 Å². The molecule has 0 heterocycles. The average molecular weight is 427 g/mol. The summed E-state index contributed by atoms with van der Waals surface area (Å²) < 4.78 is 12.6. The zero-order valence-electron chi connectivity index (χ0n) is 17.0. The van der Waals surface area contributed by atoms with Crippen LogP contribution in [0.3, 0.4) is 0 Å². The zero-order valence-corrected chi connectivity index (χ0v) is 17.9. The first kappa shape index (κ1) is 19.7. The lowest BCUT2D eigenvalue weighted by atomic mass is 9.88. The van der Waals surface area contributed by atoms with E-state index >= 15 is 0 Å². The summed E-state index contributed by atoms with van der Waals surface area (Å²) in [6, 6.07) is 22.1. The molecule has 0 amide bonds. The number of nitrogens with zero attached hydrogens (tertiary/aromatic N) is 1. The number of benzene rings is 4. The summed E-state index contributed by atoms with van der Waals surface area (Å²) in [6.45, 7) is 0. The van der Waals surface area contributed by atoms with Crippen molar-refractivity contribution in [3.05, 3.63) is 83.9 Å². The quantitative estimate of drug-likeness (QED) is 0.350. The van der Waals surface area contributed by atoms with E-state index in [2.05, 4.69) is 0 Å². The smallest absolute Gasteiger partial charge is 0.349 e. The van der Waals surface area contributed by atoms with Crippen molar-refractivity contribution in [2.24, 2.45) is 0 Å². The molecule has 31 heavy (non-hydrogen) atoms. The van der Waals surface area contributed by atoms with Crippen LogP contribution in [-0.4, -0.2) is 35.8 Å². The summed E-state index contributed by atoms with van der Waals surface area (Å²) in [4.78, 5) is 41.5. The molecule has 5 nitrogen and oxygen atoms in total. The summed E-state index contributed by atoms with van der Waals surface area (Å²) in [5, 5.41) is 1.11. The van der Waals surface area contributed by atoms with Gasteiger partial charge in [0.25, 0.3) is 0 Å². The van der Waals surface area contributed by atoms with Crippen LogP contribution in [0.4, 0.5) is 0 Å². The van der Waals surface area contributed by atoms with Gasteiger partial charge in [0.05, 0.1) is 0 Å². The van der Waals surface area contributed by atoms with E-state index in [-0.39, 0.29) is 11.1 Å². The van der Waals surface area contributed by atoms with Crippen molar-refractivity contribution in [2.75, 3.05) is 14.1 Å². The van der Waals surface area contributed by atoms with Gasteiger partial charge >= 0.3 is 13.3 Å². The molecule has 152 valence electrons. The zero-order chi connectivity index (χ0) is 21.9. The Morgan fingerprint density at radius 2 is 1.13 bits per heavy atom. The number of carbonyl (C=O) groups excluding carboxylic acids is 2. The highest BCUT2D eigenvalue weighted by Gasteiger charge is 2.62. The summed E-state index contributed by atoms with van der Waals surface area (Å²) in [5.41, 5.74) is 1.66. The summed E-state index contributed by atoms with van der Waals surface area (Å²) in [5.74, 6) is -1.45. The Hall–Kier alpha value is -3.24. The van der Waals surface area contributed by atoms with Gasteiger partial charge in [-0.1, -0.05) is 65.2 Å². The van der Waals surface area contributed by atoms with Crippen molar-refractivity contribution in [1.29, 1.82) is 0 Å². The Morgan fingerprint density at radius 3 is 1.52 bits per heavy atom. The molecular formula is C25H18NO4P. The molecule has 5 rings (SSSR count). The number of carbonyl (C=O) groups is 2. The first-order valence-corrected chi connectivity index (χ1v) is 11.0. The van der Waals surface area contributed by atoms with Crippen molar-refractivity contribution >= 4 is 41.1 Å². The Labute approximate surface area is 179 Å². The molecule has 0 N–H and O–H groups in total. The molecule has 0 fully saturated rings. The van der Waals surface area contributed by atoms with Gasteiger partial charge in [-0.3, -0.25) is 9.59 Å². The Morgan fingerprint density at radius 1 is 0.710 bits per heavy atom. The average Bonchev–Trinajstić information content (AvgIpc) is 2.85. The van der Waals surface area contributed by atoms with E-state index < -0.39 is 24.9 Å². The topological polar surface area (TPSA) is 77.5 Å². The normalized spacial score (nSPS) is 15.7. The molecule has 1 aliphatic rings. The van der Waals surface area contributed by atoms with Crippen LogP contribution in [-0.2, 0) is 4.57 Å². The molecule has 0 saturated heterocycles. The summed E-state index contributed by atoms with van der Waals surface area (Å²) in [7, 11) is -0.542. The fraction of sp³-hybridized carbons (Fsp3) is 0.120. The van der Waals surface area contributed by atoms with E-state index in [1.807, 2.05) is 48.5 Å². The number of Topliss-reactive ketones (excluding diaryl/α,β-unsaturated/α-hetero) is 2. The highest BCUT2D eigenvalue weighted by Crippen LogP contribution is 2.49. The van der Waals surface area contributed by atoms with E-state index in [4.69, 9.17) is 0 Å². The van der Waals surface area contributed by atoms with Crippen molar-refractivity contribution < 1.29 is 19.0 Å². The number of rotatable bonds is 2. The van der Waals surface area contributed by atoms with Crippen LogP contribution in [0.1, 0.15) is 20.7 Å². The minimum absolute atomic E-state index is 0.232. The maximum absolute atomic E-state index is 13.9. The Bertz CT molecular complexity index is 1340. The second-order valence-corrected chi connectivity index (χ2v) is 9.06. The molecule has 0 spiro atoms. The lowest BCUT2D eigenvalue weighted by Gasteiger charge is -2.28.